The van der Waals surface area contributed by atoms with Crippen LogP contribution in [0.3, 0.4) is 0 Å². The van der Waals surface area contributed by atoms with Gasteiger partial charge >= 0.3 is 0 Å². The van der Waals surface area contributed by atoms with Crippen LogP contribution in [0.1, 0.15) is 25.5 Å². The number of aromatic nitrogens is 1. The van der Waals surface area contributed by atoms with Gasteiger partial charge in [-0.2, -0.15) is 0 Å². The zero-order valence-electron chi connectivity index (χ0n) is 17.6. The SMILES string of the molecule is CCNC(=NCC1CN2CCN1CC2)NC1CCN(Cc2ccccn2)CC1.I. The molecule has 5 rings (SSSR count). The molecule has 0 radical (unpaired) electrons. The highest BCUT2D eigenvalue weighted by atomic mass is 127. The van der Waals surface area contributed by atoms with Crippen molar-refractivity contribution >= 4 is 29.9 Å². The number of pyridine rings is 1. The zero-order valence-corrected chi connectivity index (χ0v) is 19.9. The van der Waals surface area contributed by atoms with E-state index < -0.39 is 0 Å². The van der Waals surface area contributed by atoms with Crippen LogP contribution in [-0.2, 0) is 6.54 Å². The van der Waals surface area contributed by atoms with Gasteiger partial charge in [0.1, 0.15) is 0 Å². The Morgan fingerprint density at radius 2 is 1.93 bits per heavy atom. The van der Waals surface area contributed by atoms with Gasteiger partial charge in [0.2, 0.25) is 0 Å². The minimum absolute atomic E-state index is 0. The molecule has 7 nitrogen and oxygen atoms in total. The average molecular weight is 513 g/mol. The number of nitrogens with zero attached hydrogens (tertiary/aromatic N) is 5. The van der Waals surface area contributed by atoms with Gasteiger partial charge in [-0.25, -0.2) is 0 Å². The number of piperazine rings is 3. The molecule has 4 fully saturated rings. The summed E-state index contributed by atoms with van der Waals surface area (Å²) in [4.78, 5) is 17.1. The second-order valence-corrected chi connectivity index (χ2v) is 8.23. The molecule has 5 heterocycles. The number of aliphatic imine (C=N–C) groups is 1. The van der Waals surface area contributed by atoms with E-state index in [0.29, 0.717) is 12.1 Å². The molecule has 1 atom stereocenters. The quantitative estimate of drug-likeness (QED) is 0.339. The summed E-state index contributed by atoms with van der Waals surface area (Å²) in [7, 11) is 0. The fraction of sp³-hybridized carbons (Fsp3) is 0.714. The lowest BCUT2D eigenvalue weighted by molar-refractivity contribution is 0.0174. The maximum Gasteiger partial charge on any atom is 0.191 e. The summed E-state index contributed by atoms with van der Waals surface area (Å²) in [5, 5.41) is 7.14. The minimum atomic E-state index is 0. The van der Waals surface area contributed by atoms with Gasteiger partial charge in [-0.05, 0) is 31.9 Å². The number of guanidine groups is 1. The van der Waals surface area contributed by atoms with E-state index in [2.05, 4.69) is 49.4 Å². The number of likely N-dealkylation sites (tertiary alicyclic amines) is 1. The van der Waals surface area contributed by atoms with Crippen molar-refractivity contribution in [3.8, 4) is 0 Å². The summed E-state index contributed by atoms with van der Waals surface area (Å²) in [5.74, 6) is 0.989. The van der Waals surface area contributed by atoms with E-state index in [1.54, 1.807) is 0 Å². The molecule has 1 aromatic heterocycles. The van der Waals surface area contributed by atoms with E-state index in [-0.39, 0.29) is 24.0 Å². The Bertz CT molecular complexity index is 625. The molecule has 1 unspecified atom stereocenters. The van der Waals surface area contributed by atoms with Gasteiger partial charge < -0.3 is 10.6 Å². The Hall–Kier alpha value is -0.970. The molecule has 162 valence electrons. The van der Waals surface area contributed by atoms with Gasteiger partial charge in [0.25, 0.3) is 0 Å². The number of hydrogen-bond donors (Lipinski definition) is 2. The third-order valence-electron chi connectivity index (χ3n) is 6.24. The molecule has 1 aromatic rings. The molecule has 4 saturated heterocycles. The van der Waals surface area contributed by atoms with E-state index >= 15 is 0 Å². The highest BCUT2D eigenvalue weighted by Gasteiger charge is 2.31. The van der Waals surface area contributed by atoms with Crippen LogP contribution in [0.5, 0.6) is 0 Å². The maximum atomic E-state index is 4.94. The second kappa shape index (κ2) is 11.4. The smallest absolute Gasteiger partial charge is 0.191 e. The summed E-state index contributed by atoms with van der Waals surface area (Å²) in [6.07, 6.45) is 4.19. The van der Waals surface area contributed by atoms with Crippen LogP contribution in [0.25, 0.3) is 0 Å². The Morgan fingerprint density at radius 1 is 1.14 bits per heavy atom. The van der Waals surface area contributed by atoms with Crippen molar-refractivity contribution in [1.29, 1.82) is 0 Å². The second-order valence-electron chi connectivity index (χ2n) is 8.23. The molecule has 0 aliphatic carbocycles. The Balaban J connectivity index is 0.00000240. The summed E-state index contributed by atoms with van der Waals surface area (Å²) in [5.41, 5.74) is 1.16. The number of nitrogens with one attached hydrogen (secondary N) is 2. The van der Waals surface area contributed by atoms with Crippen LogP contribution >= 0.6 is 24.0 Å². The predicted octanol–water partition coefficient (Wildman–Crippen LogP) is 1.22. The van der Waals surface area contributed by atoms with E-state index in [1.165, 1.54) is 32.7 Å². The maximum absolute atomic E-state index is 4.94. The number of halogens is 1. The van der Waals surface area contributed by atoms with Crippen molar-refractivity contribution < 1.29 is 0 Å². The molecular formula is C21H36IN7. The van der Waals surface area contributed by atoms with Gasteiger partial charge in [0.15, 0.2) is 5.96 Å². The first-order chi connectivity index (χ1) is 13.8. The summed E-state index contributed by atoms with van der Waals surface area (Å²) >= 11 is 0. The average Bonchev–Trinajstić information content (AvgIpc) is 2.75. The van der Waals surface area contributed by atoms with Crippen molar-refractivity contribution in [3.63, 3.8) is 0 Å². The summed E-state index contributed by atoms with van der Waals surface area (Å²) in [6.45, 7) is 13.2. The van der Waals surface area contributed by atoms with Crippen molar-refractivity contribution in [1.82, 2.24) is 30.3 Å². The predicted molar refractivity (Wildman–Crippen MR) is 129 cm³/mol. The molecule has 4 aliphatic heterocycles. The number of fused-ring (bicyclic) bond motifs is 3. The molecule has 29 heavy (non-hydrogen) atoms. The Morgan fingerprint density at radius 3 is 2.55 bits per heavy atom. The lowest BCUT2D eigenvalue weighted by atomic mass is 10.0. The lowest BCUT2D eigenvalue weighted by Crippen LogP contribution is -2.62. The first-order valence-corrected chi connectivity index (χ1v) is 10.9. The molecular weight excluding hydrogens is 477 g/mol. The van der Waals surface area contributed by atoms with Crippen LogP contribution in [-0.4, -0.2) is 96.6 Å². The van der Waals surface area contributed by atoms with Crippen LogP contribution in [0.2, 0.25) is 0 Å². The van der Waals surface area contributed by atoms with Crippen molar-refractivity contribution in [2.75, 3.05) is 58.9 Å². The van der Waals surface area contributed by atoms with E-state index in [9.17, 15) is 0 Å². The first kappa shape index (κ1) is 22.7. The summed E-state index contributed by atoms with van der Waals surface area (Å²) < 4.78 is 0. The number of hydrogen-bond acceptors (Lipinski definition) is 5. The van der Waals surface area contributed by atoms with Gasteiger partial charge in [-0.3, -0.25) is 24.7 Å². The Kier molecular flexibility index (Phi) is 8.95. The molecule has 0 amide bonds. The fourth-order valence-electron chi connectivity index (χ4n) is 4.56. The standard InChI is InChI=1S/C21H35N7.HI/c1-2-22-21(24-15-20-17-27-11-13-28(20)14-12-27)25-18-6-9-26(10-7-18)16-19-5-3-4-8-23-19;/h3-5,8,18,20H,2,6-7,9-17H2,1H3,(H2,22,24,25);1H. The van der Waals surface area contributed by atoms with Gasteiger partial charge in [-0.15, -0.1) is 24.0 Å². The van der Waals surface area contributed by atoms with Crippen LogP contribution in [0.4, 0.5) is 0 Å². The van der Waals surface area contributed by atoms with Crippen molar-refractivity contribution in [2.45, 2.75) is 38.4 Å². The fourth-order valence-corrected chi connectivity index (χ4v) is 4.56. The van der Waals surface area contributed by atoms with Crippen LogP contribution in [0.15, 0.2) is 29.4 Å². The first-order valence-electron chi connectivity index (χ1n) is 10.9. The van der Waals surface area contributed by atoms with Gasteiger partial charge in [0, 0.05) is 77.2 Å². The molecule has 2 N–H and O–H groups in total. The molecule has 2 bridgehead atoms. The molecule has 4 aliphatic rings. The van der Waals surface area contributed by atoms with E-state index in [0.717, 1.165) is 57.2 Å². The minimum Gasteiger partial charge on any atom is -0.357 e. The monoisotopic (exact) mass is 513 g/mol. The molecule has 0 saturated carbocycles. The van der Waals surface area contributed by atoms with Gasteiger partial charge in [-0.1, -0.05) is 6.07 Å². The largest absolute Gasteiger partial charge is 0.357 e. The lowest BCUT2D eigenvalue weighted by Gasteiger charge is -2.47. The number of rotatable bonds is 6. The van der Waals surface area contributed by atoms with Crippen molar-refractivity contribution in [3.05, 3.63) is 30.1 Å². The highest BCUT2D eigenvalue weighted by Crippen LogP contribution is 2.16. The highest BCUT2D eigenvalue weighted by molar-refractivity contribution is 14.0. The summed E-state index contributed by atoms with van der Waals surface area (Å²) in [6, 6.07) is 7.25. The van der Waals surface area contributed by atoms with Crippen molar-refractivity contribution in [2.24, 2.45) is 4.99 Å². The molecule has 8 heteroatoms. The van der Waals surface area contributed by atoms with Gasteiger partial charge in [0.05, 0.1) is 12.2 Å². The Labute approximate surface area is 192 Å². The van der Waals surface area contributed by atoms with Crippen LogP contribution < -0.4 is 10.6 Å². The van der Waals surface area contributed by atoms with E-state index in [4.69, 9.17) is 4.99 Å². The topological polar surface area (TPSA) is 59.0 Å². The zero-order chi connectivity index (χ0) is 19.2. The number of piperidine rings is 1. The third-order valence-corrected chi connectivity index (χ3v) is 6.24. The normalized spacial score (nSPS) is 28.0. The molecule has 0 aromatic carbocycles. The third kappa shape index (κ3) is 6.50. The van der Waals surface area contributed by atoms with Crippen LogP contribution in [0, 0.1) is 0 Å². The van der Waals surface area contributed by atoms with E-state index in [1.807, 2.05) is 12.3 Å². The molecule has 0 spiro atoms.